The molecular formula is C14H30ClNO. The maximum Gasteiger partial charge on any atom is 0.130 e. The van der Waals surface area contributed by atoms with E-state index in [0.717, 1.165) is 11.1 Å². The fraction of sp³-hybridized carbons (Fsp3) is 1.00. The Kier molecular flexibility index (Phi) is 9.29. The molecule has 3 heteroatoms. The Labute approximate surface area is 114 Å². The number of hydrogen-bond acceptors (Lipinski definition) is 1. The number of epoxide rings is 1. The van der Waals surface area contributed by atoms with Gasteiger partial charge in [-0.2, -0.15) is 0 Å². The van der Waals surface area contributed by atoms with Crippen LogP contribution in [0, 0.1) is 0 Å². The van der Waals surface area contributed by atoms with E-state index in [-0.39, 0.29) is 12.4 Å². The highest BCUT2D eigenvalue weighted by atomic mass is 35.5. The van der Waals surface area contributed by atoms with Crippen LogP contribution in [0.25, 0.3) is 0 Å². The number of quaternary nitrogens is 1. The van der Waals surface area contributed by atoms with Gasteiger partial charge in [0.25, 0.3) is 0 Å². The predicted molar refractivity (Wildman–Crippen MR) is 69.6 cm³/mol. The quantitative estimate of drug-likeness (QED) is 0.312. The molecule has 0 radical (unpaired) electrons. The molecule has 0 aromatic rings. The summed E-state index contributed by atoms with van der Waals surface area (Å²) in [6, 6.07) is 0. The van der Waals surface area contributed by atoms with E-state index in [1.54, 1.807) is 0 Å². The van der Waals surface area contributed by atoms with Crippen LogP contribution in [0.4, 0.5) is 0 Å². The first kappa shape index (κ1) is 17.2. The van der Waals surface area contributed by atoms with Crippen LogP contribution < -0.4 is 12.4 Å². The second-order valence-corrected chi connectivity index (χ2v) is 5.92. The second-order valence-electron chi connectivity index (χ2n) is 5.92. The van der Waals surface area contributed by atoms with Gasteiger partial charge < -0.3 is 21.6 Å². The van der Waals surface area contributed by atoms with Crippen molar-refractivity contribution in [1.29, 1.82) is 0 Å². The number of hydrogen-bond donors (Lipinski definition) is 0. The molecule has 17 heavy (non-hydrogen) atoms. The molecule has 1 atom stereocenters. The molecule has 2 nitrogen and oxygen atoms in total. The van der Waals surface area contributed by atoms with Gasteiger partial charge in [-0.05, 0) is 12.8 Å². The van der Waals surface area contributed by atoms with E-state index in [2.05, 4.69) is 21.0 Å². The lowest BCUT2D eigenvalue weighted by atomic mass is 10.1. The lowest BCUT2D eigenvalue weighted by molar-refractivity contribution is -0.891. The largest absolute Gasteiger partial charge is 1.00 e. The molecule has 1 unspecified atom stereocenters. The highest BCUT2D eigenvalue weighted by Gasteiger charge is 2.30. The Balaban J connectivity index is 0.00000256. The van der Waals surface area contributed by atoms with E-state index >= 15 is 0 Å². The van der Waals surface area contributed by atoms with Crippen molar-refractivity contribution >= 4 is 0 Å². The third kappa shape index (κ3) is 9.87. The zero-order valence-electron chi connectivity index (χ0n) is 11.9. The summed E-state index contributed by atoms with van der Waals surface area (Å²) in [5, 5.41) is 0. The minimum absolute atomic E-state index is 0. The Bertz CT molecular complexity index is 181. The second kappa shape index (κ2) is 9.18. The molecule has 1 heterocycles. The van der Waals surface area contributed by atoms with Crippen molar-refractivity contribution in [2.75, 3.05) is 33.8 Å². The van der Waals surface area contributed by atoms with Gasteiger partial charge in [0.05, 0.1) is 27.2 Å². The molecular weight excluding hydrogens is 234 g/mol. The maximum atomic E-state index is 5.30. The Hall–Kier alpha value is 0.210. The van der Waals surface area contributed by atoms with Gasteiger partial charge in [-0.3, -0.25) is 0 Å². The van der Waals surface area contributed by atoms with Gasteiger partial charge in [-0.1, -0.05) is 39.0 Å². The maximum absolute atomic E-state index is 5.30. The van der Waals surface area contributed by atoms with Crippen LogP contribution in [-0.4, -0.2) is 44.4 Å². The van der Waals surface area contributed by atoms with Crippen molar-refractivity contribution in [1.82, 2.24) is 0 Å². The van der Waals surface area contributed by atoms with E-state index in [1.165, 1.54) is 58.0 Å². The third-order valence-electron chi connectivity index (χ3n) is 3.47. The molecule has 1 fully saturated rings. The molecule has 1 aliphatic rings. The van der Waals surface area contributed by atoms with Gasteiger partial charge in [-0.25, -0.2) is 0 Å². The van der Waals surface area contributed by atoms with Crippen LogP contribution in [0.2, 0.25) is 0 Å². The van der Waals surface area contributed by atoms with Crippen molar-refractivity contribution in [3.05, 3.63) is 0 Å². The number of halogens is 1. The molecule has 0 bridgehead atoms. The first-order valence-corrected chi connectivity index (χ1v) is 7.07. The topological polar surface area (TPSA) is 12.5 Å². The summed E-state index contributed by atoms with van der Waals surface area (Å²) in [5.41, 5.74) is 0. The summed E-state index contributed by atoms with van der Waals surface area (Å²) in [6.45, 7) is 5.79. The van der Waals surface area contributed by atoms with E-state index < -0.39 is 0 Å². The zero-order chi connectivity index (χ0) is 11.9. The standard InChI is InChI=1S/C14H30NO.ClH/c1-4-5-6-7-8-9-10-11-15(2,3)12-14-13-16-14;/h14H,4-13H2,1-3H3;1H/q+1;/p-1. The SMILES string of the molecule is CCCCCCCCC[N+](C)(C)CC1CO1.[Cl-]. The van der Waals surface area contributed by atoms with Crippen LogP contribution in [0.1, 0.15) is 51.9 Å². The van der Waals surface area contributed by atoms with Crippen molar-refractivity contribution < 1.29 is 21.6 Å². The van der Waals surface area contributed by atoms with E-state index in [1.807, 2.05) is 0 Å². The van der Waals surface area contributed by atoms with Gasteiger partial charge in [0, 0.05) is 0 Å². The molecule has 104 valence electrons. The lowest BCUT2D eigenvalue weighted by Gasteiger charge is -2.29. The first-order chi connectivity index (χ1) is 7.64. The van der Waals surface area contributed by atoms with Crippen LogP contribution >= 0.6 is 0 Å². The minimum Gasteiger partial charge on any atom is -1.00 e. The van der Waals surface area contributed by atoms with Gasteiger partial charge in [0.1, 0.15) is 12.6 Å². The molecule has 0 N–H and O–H groups in total. The van der Waals surface area contributed by atoms with Crippen molar-refractivity contribution in [2.24, 2.45) is 0 Å². The predicted octanol–water partition coefficient (Wildman–Crippen LogP) is 0.216. The van der Waals surface area contributed by atoms with Gasteiger partial charge in [0.2, 0.25) is 0 Å². The third-order valence-corrected chi connectivity index (χ3v) is 3.47. The lowest BCUT2D eigenvalue weighted by Crippen LogP contribution is -3.00. The Morgan fingerprint density at radius 2 is 1.53 bits per heavy atom. The van der Waals surface area contributed by atoms with Gasteiger partial charge >= 0.3 is 0 Å². The van der Waals surface area contributed by atoms with Crippen molar-refractivity contribution in [3.63, 3.8) is 0 Å². The Morgan fingerprint density at radius 1 is 1.00 bits per heavy atom. The van der Waals surface area contributed by atoms with Crippen LogP contribution in [-0.2, 0) is 4.74 Å². The van der Waals surface area contributed by atoms with E-state index in [4.69, 9.17) is 4.74 Å². The summed E-state index contributed by atoms with van der Waals surface area (Å²) in [7, 11) is 4.66. The highest BCUT2D eigenvalue weighted by Crippen LogP contribution is 2.15. The fourth-order valence-electron chi connectivity index (χ4n) is 2.31. The fourth-order valence-corrected chi connectivity index (χ4v) is 2.31. The van der Waals surface area contributed by atoms with Gasteiger partial charge in [-0.15, -0.1) is 0 Å². The number of rotatable bonds is 10. The molecule has 0 aliphatic carbocycles. The summed E-state index contributed by atoms with van der Waals surface area (Å²) in [4.78, 5) is 0. The smallest absolute Gasteiger partial charge is 0.130 e. The van der Waals surface area contributed by atoms with Crippen LogP contribution in [0.5, 0.6) is 0 Å². The highest BCUT2D eigenvalue weighted by molar-refractivity contribution is 4.67. The molecule has 0 aromatic carbocycles. The number of nitrogens with zero attached hydrogens (tertiary/aromatic N) is 1. The number of ether oxygens (including phenoxy) is 1. The van der Waals surface area contributed by atoms with Crippen LogP contribution in [0.15, 0.2) is 0 Å². The molecule has 0 saturated carbocycles. The van der Waals surface area contributed by atoms with Crippen molar-refractivity contribution in [3.8, 4) is 0 Å². The molecule has 1 rings (SSSR count). The normalized spacial score (nSPS) is 18.9. The molecule has 0 aromatic heterocycles. The van der Waals surface area contributed by atoms with Gasteiger partial charge in [0.15, 0.2) is 0 Å². The van der Waals surface area contributed by atoms with E-state index in [0.29, 0.717) is 6.10 Å². The molecule has 0 amide bonds. The minimum atomic E-state index is 0. The molecule has 1 saturated heterocycles. The molecule has 0 spiro atoms. The summed E-state index contributed by atoms with van der Waals surface area (Å²) in [5.74, 6) is 0. The summed E-state index contributed by atoms with van der Waals surface area (Å²) in [6.07, 6.45) is 10.4. The average molecular weight is 264 g/mol. The molecule has 1 aliphatic heterocycles. The average Bonchev–Trinajstić information content (AvgIpc) is 2.99. The van der Waals surface area contributed by atoms with Crippen molar-refractivity contribution in [2.45, 2.75) is 58.0 Å². The number of unbranched alkanes of at least 4 members (excludes halogenated alkanes) is 6. The Morgan fingerprint density at radius 3 is 2.06 bits per heavy atom. The summed E-state index contributed by atoms with van der Waals surface area (Å²) >= 11 is 0. The first-order valence-electron chi connectivity index (χ1n) is 7.07. The number of likely N-dealkylation sites (N-methyl/N-ethyl adjacent to an activating group) is 1. The zero-order valence-corrected chi connectivity index (χ0v) is 12.6. The summed E-state index contributed by atoms with van der Waals surface area (Å²) < 4.78 is 6.44. The van der Waals surface area contributed by atoms with E-state index in [9.17, 15) is 0 Å². The van der Waals surface area contributed by atoms with Crippen LogP contribution in [0.3, 0.4) is 0 Å². The monoisotopic (exact) mass is 263 g/mol.